The van der Waals surface area contributed by atoms with Crippen molar-refractivity contribution >= 4 is 17.5 Å². The SMILES string of the molecule is C1=C2N=c3scnc3=CN2CC1. The van der Waals surface area contributed by atoms with Gasteiger partial charge < -0.3 is 4.90 Å². The van der Waals surface area contributed by atoms with Gasteiger partial charge in [0.1, 0.15) is 15.8 Å². The van der Waals surface area contributed by atoms with Crippen LogP contribution in [0.25, 0.3) is 6.20 Å². The predicted molar refractivity (Wildman–Crippen MR) is 46.8 cm³/mol. The topological polar surface area (TPSA) is 28.5 Å². The third kappa shape index (κ3) is 0.754. The van der Waals surface area contributed by atoms with Gasteiger partial charge in [-0.2, -0.15) is 0 Å². The highest BCUT2D eigenvalue weighted by Crippen LogP contribution is 2.16. The van der Waals surface area contributed by atoms with Crippen molar-refractivity contribution in [2.45, 2.75) is 6.42 Å². The van der Waals surface area contributed by atoms with Gasteiger partial charge in [-0.15, -0.1) is 11.3 Å². The number of rotatable bonds is 0. The lowest BCUT2D eigenvalue weighted by Gasteiger charge is -2.14. The van der Waals surface area contributed by atoms with Crippen molar-refractivity contribution in [1.82, 2.24) is 9.88 Å². The minimum Gasteiger partial charge on any atom is -0.331 e. The second-order valence-corrected chi connectivity index (χ2v) is 3.66. The Hall–Kier alpha value is -1.16. The molecule has 0 atom stereocenters. The third-order valence-electron chi connectivity index (χ3n) is 2.06. The number of nitrogens with zero attached hydrogens (tertiary/aromatic N) is 3. The summed E-state index contributed by atoms with van der Waals surface area (Å²) in [5.74, 6) is 1.09. The van der Waals surface area contributed by atoms with E-state index in [4.69, 9.17) is 0 Å². The fourth-order valence-electron chi connectivity index (χ4n) is 1.48. The van der Waals surface area contributed by atoms with E-state index in [0.717, 1.165) is 28.8 Å². The zero-order valence-corrected chi connectivity index (χ0v) is 7.21. The van der Waals surface area contributed by atoms with Crippen LogP contribution in [0.15, 0.2) is 22.4 Å². The van der Waals surface area contributed by atoms with Crippen molar-refractivity contribution in [3.8, 4) is 0 Å². The summed E-state index contributed by atoms with van der Waals surface area (Å²) in [5, 5.41) is 1.01. The largest absolute Gasteiger partial charge is 0.331 e. The summed E-state index contributed by atoms with van der Waals surface area (Å²) in [6.45, 7) is 1.05. The molecular weight excluding hydrogens is 170 g/mol. The molecule has 0 amide bonds. The highest BCUT2D eigenvalue weighted by Gasteiger charge is 2.15. The molecule has 3 rings (SSSR count). The van der Waals surface area contributed by atoms with Gasteiger partial charge in [0.15, 0.2) is 0 Å². The van der Waals surface area contributed by atoms with Gasteiger partial charge >= 0.3 is 0 Å². The van der Waals surface area contributed by atoms with E-state index in [2.05, 4.69) is 27.2 Å². The maximum atomic E-state index is 4.48. The van der Waals surface area contributed by atoms with Crippen molar-refractivity contribution in [1.29, 1.82) is 0 Å². The van der Waals surface area contributed by atoms with Gasteiger partial charge in [-0.1, -0.05) is 0 Å². The number of thiazole rings is 1. The molecule has 60 valence electrons. The smallest absolute Gasteiger partial charge is 0.147 e. The third-order valence-corrected chi connectivity index (χ3v) is 2.80. The van der Waals surface area contributed by atoms with Gasteiger partial charge in [-0.05, 0) is 12.5 Å². The average Bonchev–Trinajstić information content (AvgIpc) is 2.64. The van der Waals surface area contributed by atoms with Gasteiger partial charge in [0, 0.05) is 12.7 Å². The second-order valence-electron chi connectivity index (χ2n) is 2.83. The summed E-state index contributed by atoms with van der Waals surface area (Å²) >= 11 is 1.60. The van der Waals surface area contributed by atoms with Crippen LogP contribution < -0.4 is 10.0 Å². The van der Waals surface area contributed by atoms with Gasteiger partial charge in [0.2, 0.25) is 0 Å². The van der Waals surface area contributed by atoms with Gasteiger partial charge in [0.25, 0.3) is 0 Å². The molecule has 0 N–H and O–H groups in total. The van der Waals surface area contributed by atoms with Crippen molar-refractivity contribution in [3.05, 3.63) is 27.4 Å². The first-order valence-electron chi connectivity index (χ1n) is 3.90. The first-order valence-corrected chi connectivity index (χ1v) is 4.78. The lowest BCUT2D eigenvalue weighted by Crippen LogP contribution is -2.31. The minimum absolute atomic E-state index is 1.01. The van der Waals surface area contributed by atoms with Crippen LogP contribution in [0.3, 0.4) is 0 Å². The van der Waals surface area contributed by atoms with Crippen LogP contribution in [0.1, 0.15) is 6.42 Å². The Morgan fingerprint density at radius 2 is 2.50 bits per heavy atom. The highest BCUT2D eigenvalue weighted by molar-refractivity contribution is 7.07. The molecule has 0 spiro atoms. The van der Waals surface area contributed by atoms with Crippen molar-refractivity contribution in [2.75, 3.05) is 6.54 Å². The van der Waals surface area contributed by atoms with Crippen LogP contribution in [0.2, 0.25) is 0 Å². The lowest BCUT2D eigenvalue weighted by molar-refractivity contribution is 0.536. The predicted octanol–water partition coefficient (Wildman–Crippen LogP) is 0.0614. The molecule has 0 aliphatic carbocycles. The van der Waals surface area contributed by atoms with Crippen LogP contribution in [0.5, 0.6) is 0 Å². The molecule has 2 aliphatic heterocycles. The van der Waals surface area contributed by atoms with Crippen LogP contribution in [-0.4, -0.2) is 16.4 Å². The molecule has 2 aliphatic rings. The van der Waals surface area contributed by atoms with E-state index in [0.29, 0.717) is 0 Å². The minimum atomic E-state index is 1.01. The normalized spacial score (nSPS) is 19.0. The summed E-state index contributed by atoms with van der Waals surface area (Å²) < 4.78 is 1.04. The molecule has 0 saturated heterocycles. The van der Waals surface area contributed by atoms with Crippen LogP contribution in [-0.2, 0) is 0 Å². The molecule has 3 nitrogen and oxygen atoms in total. The average molecular weight is 177 g/mol. The molecule has 0 fully saturated rings. The van der Waals surface area contributed by atoms with E-state index in [-0.39, 0.29) is 0 Å². The molecule has 12 heavy (non-hydrogen) atoms. The Kier molecular flexibility index (Phi) is 1.15. The zero-order valence-electron chi connectivity index (χ0n) is 6.40. The lowest BCUT2D eigenvalue weighted by atomic mass is 10.5. The van der Waals surface area contributed by atoms with Gasteiger partial charge in [-0.25, -0.2) is 9.98 Å². The Morgan fingerprint density at radius 1 is 1.50 bits per heavy atom. The Labute approximate surface area is 73.4 Å². The molecule has 0 aromatic carbocycles. The molecule has 0 radical (unpaired) electrons. The van der Waals surface area contributed by atoms with Crippen molar-refractivity contribution in [3.63, 3.8) is 0 Å². The van der Waals surface area contributed by atoms with Crippen LogP contribution in [0.4, 0.5) is 0 Å². The Morgan fingerprint density at radius 3 is 3.50 bits per heavy atom. The molecule has 0 saturated carbocycles. The molecule has 4 heteroatoms. The highest BCUT2D eigenvalue weighted by atomic mass is 32.1. The van der Waals surface area contributed by atoms with E-state index in [9.17, 15) is 0 Å². The summed E-state index contributed by atoms with van der Waals surface area (Å²) in [7, 11) is 0. The quantitative estimate of drug-likeness (QED) is 0.560. The Balaban J connectivity index is 2.35. The van der Waals surface area contributed by atoms with Crippen LogP contribution >= 0.6 is 11.3 Å². The van der Waals surface area contributed by atoms with E-state index in [1.165, 1.54) is 0 Å². The fraction of sp³-hybridized carbons (Fsp3) is 0.250. The molecule has 3 heterocycles. The van der Waals surface area contributed by atoms with Crippen LogP contribution in [0, 0.1) is 0 Å². The first kappa shape index (κ1) is 6.37. The number of fused-ring (bicyclic) bond motifs is 2. The maximum Gasteiger partial charge on any atom is 0.147 e. The van der Waals surface area contributed by atoms with Crippen molar-refractivity contribution < 1.29 is 0 Å². The second kappa shape index (κ2) is 2.17. The number of hydrogen-bond donors (Lipinski definition) is 0. The molecule has 1 aromatic heterocycles. The zero-order chi connectivity index (χ0) is 7.97. The number of aromatic nitrogens is 1. The van der Waals surface area contributed by atoms with E-state index < -0.39 is 0 Å². The van der Waals surface area contributed by atoms with E-state index >= 15 is 0 Å². The first-order chi connectivity index (χ1) is 5.93. The summed E-state index contributed by atoms with van der Waals surface area (Å²) in [6, 6.07) is 0. The summed E-state index contributed by atoms with van der Waals surface area (Å²) in [4.78, 5) is 10.9. The Bertz CT molecular complexity index is 457. The van der Waals surface area contributed by atoms with E-state index in [1.807, 2.05) is 5.51 Å². The molecule has 1 aromatic rings. The molecule has 0 bridgehead atoms. The van der Waals surface area contributed by atoms with Gasteiger partial charge in [-0.3, -0.25) is 0 Å². The maximum absolute atomic E-state index is 4.48. The molecule has 0 unspecified atom stereocenters. The summed E-state index contributed by atoms with van der Waals surface area (Å²) in [6.07, 6.45) is 5.35. The monoisotopic (exact) mass is 177 g/mol. The molecular formula is C8H7N3S. The summed E-state index contributed by atoms with van der Waals surface area (Å²) in [5.41, 5.74) is 1.84. The fourth-order valence-corrected chi connectivity index (χ4v) is 2.12. The van der Waals surface area contributed by atoms with Gasteiger partial charge in [0.05, 0.1) is 5.51 Å². The van der Waals surface area contributed by atoms with Crippen molar-refractivity contribution in [2.24, 2.45) is 4.99 Å². The number of hydrogen-bond acceptors (Lipinski definition) is 4. The standard InChI is InChI=1S/C8H7N3S/c1-2-7-10-8-6(9-5-12-8)4-11(7)3-1/h2,4-5H,1,3H2. The van der Waals surface area contributed by atoms with E-state index in [1.54, 1.807) is 11.3 Å².